The predicted molar refractivity (Wildman–Crippen MR) is 78.6 cm³/mol. The van der Waals surface area contributed by atoms with Crippen molar-refractivity contribution in [1.29, 1.82) is 0 Å². The molecule has 0 amide bonds. The normalized spacial score (nSPS) is 11.3. The molecule has 6 nitrogen and oxygen atoms in total. The molecule has 0 aliphatic heterocycles. The first-order valence-corrected chi connectivity index (χ1v) is 7.42. The molecular formula is C13H16N6S. The molecule has 0 spiro atoms. The van der Waals surface area contributed by atoms with Gasteiger partial charge < -0.3 is 14.7 Å². The van der Waals surface area contributed by atoms with E-state index in [1.54, 1.807) is 11.8 Å². The zero-order chi connectivity index (χ0) is 13.9. The molecule has 3 aromatic heterocycles. The van der Waals surface area contributed by atoms with Crippen molar-refractivity contribution in [3.05, 3.63) is 42.1 Å². The molecule has 7 heteroatoms. The van der Waals surface area contributed by atoms with Gasteiger partial charge in [0.05, 0.1) is 5.69 Å². The molecule has 0 bridgehead atoms. The summed E-state index contributed by atoms with van der Waals surface area (Å²) in [5.74, 6) is 1.66. The van der Waals surface area contributed by atoms with E-state index in [0.29, 0.717) is 6.54 Å². The lowest BCUT2D eigenvalue weighted by Crippen LogP contribution is -2.12. The van der Waals surface area contributed by atoms with Crippen molar-refractivity contribution in [2.45, 2.75) is 24.4 Å². The van der Waals surface area contributed by atoms with Crippen LogP contribution in [0, 0.1) is 6.92 Å². The summed E-state index contributed by atoms with van der Waals surface area (Å²) in [6.45, 7) is 3.27. The van der Waals surface area contributed by atoms with Gasteiger partial charge in [0.2, 0.25) is 0 Å². The van der Waals surface area contributed by atoms with Crippen molar-refractivity contribution in [3.8, 4) is 0 Å². The molecule has 0 saturated carbocycles. The van der Waals surface area contributed by atoms with Crippen LogP contribution in [0.2, 0.25) is 0 Å². The van der Waals surface area contributed by atoms with Crippen LogP contribution in [-0.2, 0) is 12.3 Å². The summed E-state index contributed by atoms with van der Waals surface area (Å²) in [5.41, 5.74) is 7.60. The summed E-state index contributed by atoms with van der Waals surface area (Å²) in [6, 6.07) is 5.97. The summed E-state index contributed by atoms with van der Waals surface area (Å²) < 4.78 is 4.06. The number of rotatable bonds is 5. The number of nitrogens with zero attached hydrogens (tertiary/aromatic N) is 5. The van der Waals surface area contributed by atoms with E-state index in [-0.39, 0.29) is 0 Å². The van der Waals surface area contributed by atoms with Crippen molar-refractivity contribution in [3.63, 3.8) is 0 Å². The Bertz CT molecular complexity index is 684. The van der Waals surface area contributed by atoms with Crippen LogP contribution in [0.25, 0.3) is 5.65 Å². The third kappa shape index (κ3) is 2.54. The van der Waals surface area contributed by atoms with E-state index in [1.807, 2.05) is 46.5 Å². The second kappa shape index (κ2) is 5.64. The van der Waals surface area contributed by atoms with E-state index in [1.165, 1.54) is 0 Å². The van der Waals surface area contributed by atoms with Gasteiger partial charge in [0.1, 0.15) is 11.5 Å². The van der Waals surface area contributed by atoms with E-state index in [0.717, 1.165) is 34.6 Å². The van der Waals surface area contributed by atoms with Crippen LogP contribution in [0.4, 0.5) is 0 Å². The van der Waals surface area contributed by atoms with Gasteiger partial charge in [-0.2, -0.15) is 0 Å². The van der Waals surface area contributed by atoms with Gasteiger partial charge in [-0.3, -0.25) is 0 Å². The molecule has 0 radical (unpaired) electrons. The van der Waals surface area contributed by atoms with Crippen LogP contribution in [0.15, 0.2) is 35.7 Å². The Labute approximate surface area is 121 Å². The SMILES string of the molecule is Cc1nnc(SCc2cn3ccccc3n2)n1CCN. The summed E-state index contributed by atoms with van der Waals surface area (Å²) in [7, 11) is 0. The van der Waals surface area contributed by atoms with Crippen LogP contribution in [0.3, 0.4) is 0 Å². The molecular weight excluding hydrogens is 272 g/mol. The van der Waals surface area contributed by atoms with Crippen LogP contribution >= 0.6 is 11.8 Å². The summed E-state index contributed by atoms with van der Waals surface area (Å²) in [5, 5.41) is 9.18. The number of hydrogen-bond donors (Lipinski definition) is 1. The molecule has 0 saturated heterocycles. The quantitative estimate of drug-likeness (QED) is 0.720. The molecule has 0 atom stereocenters. The Morgan fingerprint density at radius 2 is 2.20 bits per heavy atom. The maximum Gasteiger partial charge on any atom is 0.191 e. The highest BCUT2D eigenvalue weighted by atomic mass is 32.2. The summed E-state index contributed by atoms with van der Waals surface area (Å²) in [4.78, 5) is 4.57. The van der Waals surface area contributed by atoms with Crippen molar-refractivity contribution in [1.82, 2.24) is 24.1 Å². The highest BCUT2D eigenvalue weighted by molar-refractivity contribution is 7.98. The van der Waals surface area contributed by atoms with Crippen LogP contribution in [-0.4, -0.2) is 30.7 Å². The topological polar surface area (TPSA) is 74.0 Å². The molecule has 20 heavy (non-hydrogen) atoms. The summed E-state index contributed by atoms with van der Waals surface area (Å²) >= 11 is 1.63. The van der Waals surface area contributed by atoms with Gasteiger partial charge >= 0.3 is 0 Å². The maximum atomic E-state index is 5.61. The summed E-state index contributed by atoms with van der Waals surface area (Å²) in [6.07, 6.45) is 4.04. The second-order valence-electron chi connectivity index (χ2n) is 4.46. The smallest absolute Gasteiger partial charge is 0.191 e. The number of aromatic nitrogens is 5. The molecule has 0 aromatic carbocycles. The number of nitrogens with two attached hydrogens (primary N) is 1. The van der Waals surface area contributed by atoms with Gasteiger partial charge in [-0.25, -0.2) is 4.98 Å². The minimum Gasteiger partial charge on any atom is -0.329 e. The van der Waals surface area contributed by atoms with E-state index < -0.39 is 0 Å². The van der Waals surface area contributed by atoms with Gasteiger partial charge in [0.15, 0.2) is 5.16 Å². The van der Waals surface area contributed by atoms with Gasteiger partial charge in [-0.1, -0.05) is 17.8 Å². The number of aryl methyl sites for hydroxylation is 1. The minimum atomic E-state index is 0.584. The molecule has 0 unspecified atom stereocenters. The number of thioether (sulfide) groups is 1. The molecule has 0 fully saturated rings. The van der Waals surface area contributed by atoms with Gasteiger partial charge in [0, 0.05) is 31.2 Å². The molecule has 104 valence electrons. The number of fused-ring (bicyclic) bond motifs is 1. The lowest BCUT2D eigenvalue weighted by atomic mass is 10.5. The minimum absolute atomic E-state index is 0.584. The molecule has 0 aliphatic rings. The number of hydrogen-bond acceptors (Lipinski definition) is 5. The Morgan fingerprint density at radius 1 is 1.30 bits per heavy atom. The number of pyridine rings is 1. The molecule has 3 aromatic rings. The Kier molecular flexibility index (Phi) is 3.70. The van der Waals surface area contributed by atoms with E-state index in [9.17, 15) is 0 Å². The Hall–Kier alpha value is -1.86. The van der Waals surface area contributed by atoms with E-state index in [4.69, 9.17) is 5.73 Å². The van der Waals surface area contributed by atoms with Crippen LogP contribution in [0.5, 0.6) is 0 Å². The number of imidazole rings is 1. The fourth-order valence-electron chi connectivity index (χ4n) is 2.05. The Balaban J connectivity index is 1.76. The third-order valence-electron chi connectivity index (χ3n) is 3.02. The molecule has 3 rings (SSSR count). The fourth-order valence-corrected chi connectivity index (χ4v) is 2.94. The first-order chi connectivity index (χ1) is 9.78. The van der Waals surface area contributed by atoms with E-state index in [2.05, 4.69) is 15.2 Å². The Morgan fingerprint density at radius 3 is 3.00 bits per heavy atom. The fraction of sp³-hybridized carbons (Fsp3) is 0.308. The average molecular weight is 288 g/mol. The zero-order valence-corrected chi connectivity index (χ0v) is 12.0. The predicted octanol–water partition coefficient (Wildman–Crippen LogP) is 1.49. The first-order valence-electron chi connectivity index (χ1n) is 6.43. The first kappa shape index (κ1) is 13.1. The third-order valence-corrected chi connectivity index (χ3v) is 4.02. The van der Waals surface area contributed by atoms with Crippen molar-refractivity contribution in [2.75, 3.05) is 6.54 Å². The molecule has 3 heterocycles. The van der Waals surface area contributed by atoms with Crippen molar-refractivity contribution < 1.29 is 0 Å². The van der Waals surface area contributed by atoms with Gasteiger partial charge in [-0.15, -0.1) is 10.2 Å². The monoisotopic (exact) mass is 288 g/mol. The lowest BCUT2D eigenvalue weighted by molar-refractivity contribution is 0.627. The highest BCUT2D eigenvalue weighted by Crippen LogP contribution is 2.21. The lowest BCUT2D eigenvalue weighted by Gasteiger charge is -2.05. The second-order valence-corrected chi connectivity index (χ2v) is 5.40. The largest absolute Gasteiger partial charge is 0.329 e. The van der Waals surface area contributed by atoms with Crippen LogP contribution in [0.1, 0.15) is 11.5 Å². The van der Waals surface area contributed by atoms with Gasteiger partial charge in [0.25, 0.3) is 0 Å². The highest BCUT2D eigenvalue weighted by Gasteiger charge is 2.10. The van der Waals surface area contributed by atoms with Gasteiger partial charge in [-0.05, 0) is 19.1 Å². The van der Waals surface area contributed by atoms with E-state index >= 15 is 0 Å². The zero-order valence-electron chi connectivity index (χ0n) is 11.2. The average Bonchev–Trinajstić information content (AvgIpc) is 3.02. The maximum absolute atomic E-state index is 5.61. The van der Waals surface area contributed by atoms with Crippen molar-refractivity contribution >= 4 is 17.4 Å². The van der Waals surface area contributed by atoms with Crippen molar-refractivity contribution in [2.24, 2.45) is 5.73 Å². The molecule has 0 aliphatic carbocycles. The standard InChI is InChI=1S/C13H16N6S/c1-10-16-17-13(19(10)7-5-14)20-9-11-8-18-6-3-2-4-12(18)15-11/h2-4,6,8H,5,7,9,14H2,1H3. The molecule has 2 N–H and O–H groups in total. The van der Waals surface area contributed by atoms with Crippen LogP contribution < -0.4 is 5.73 Å².